The van der Waals surface area contributed by atoms with Gasteiger partial charge in [0.25, 0.3) is 0 Å². The molecule has 2 rings (SSSR count). The maximum absolute atomic E-state index is 12.4. The summed E-state index contributed by atoms with van der Waals surface area (Å²) >= 11 is 0. The van der Waals surface area contributed by atoms with Gasteiger partial charge >= 0.3 is 6.61 Å². The lowest BCUT2D eigenvalue weighted by Gasteiger charge is -2.14. The van der Waals surface area contributed by atoms with Crippen LogP contribution in [0.5, 0.6) is 5.75 Å². The highest BCUT2D eigenvalue weighted by Crippen LogP contribution is 2.26. The number of carbonyl (C=O) groups excluding carboxylic acids is 1. The quantitative estimate of drug-likeness (QED) is 0.843. The molecule has 0 aliphatic heterocycles. The molecule has 0 aromatic heterocycles. The van der Waals surface area contributed by atoms with Crippen LogP contribution < -0.4 is 4.74 Å². The van der Waals surface area contributed by atoms with Crippen LogP contribution in [0.2, 0.25) is 0 Å². The Bertz CT molecular complexity index is 726. The fourth-order valence-electron chi connectivity index (χ4n) is 2.27. The molecule has 0 radical (unpaired) electrons. The van der Waals surface area contributed by atoms with Crippen molar-refractivity contribution in [3.05, 3.63) is 64.2 Å². The van der Waals surface area contributed by atoms with E-state index in [1.165, 1.54) is 18.2 Å². The molecule has 0 bridgehead atoms. The van der Waals surface area contributed by atoms with Crippen LogP contribution in [0, 0.1) is 20.8 Å². The second kappa shape index (κ2) is 6.87. The van der Waals surface area contributed by atoms with Crippen molar-refractivity contribution in [3.8, 4) is 5.75 Å². The SMILES string of the molecule is Cc1ccc(C(=O)C(O)c2ccc(OC(F)F)c(C)c2)cc1C. The topological polar surface area (TPSA) is 46.5 Å². The van der Waals surface area contributed by atoms with E-state index in [1.54, 1.807) is 19.1 Å². The summed E-state index contributed by atoms with van der Waals surface area (Å²) in [6.07, 6.45) is -1.35. The Morgan fingerprint density at radius 3 is 2.26 bits per heavy atom. The van der Waals surface area contributed by atoms with Gasteiger partial charge in [0, 0.05) is 5.56 Å². The monoisotopic (exact) mass is 320 g/mol. The molecule has 5 heteroatoms. The van der Waals surface area contributed by atoms with Gasteiger partial charge in [0.05, 0.1) is 0 Å². The molecule has 2 aromatic rings. The van der Waals surface area contributed by atoms with Crippen LogP contribution in [0.3, 0.4) is 0 Å². The second-order valence-electron chi connectivity index (χ2n) is 5.47. The van der Waals surface area contributed by atoms with Gasteiger partial charge < -0.3 is 9.84 Å². The molecule has 23 heavy (non-hydrogen) atoms. The molecule has 3 nitrogen and oxygen atoms in total. The minimum absolute atomic E-state index is 0.0228. The molecule has 2 aromatic carbocycles. The highest BCUT2D eigenvalue weighted by atomic mass is 19.3. The highest BCUT2D eigenvalue weighted by molar-refractivity contribution is 6.00. The Kier molecular flexibility index (Phi) is 5.11. The zero-order valence-electron chi connectivity index (χ0n) is 13.1. The largest absolute Gasteiger partial charge is 0.435 e. The molecule has 0 spiro atoms. The number of aryl methyl sites for hydroxylation is 3. The lowest BCUT2D eigenvalue weighted by molar-refractivity contribution is -0.0503. The first-order valence-corrected chi connectivity index (χ1v) is 7.14. The first-order valence-electron chi connectivity index (χ1n) is 7.14. The Labute approximate surface area is 133 Å². The lowest BCUT2D eigenvalue weighted by Crippen LogP contribution is -2.13. The number of ketones is 1. The number of benzene rings is 2. The van der Waals surface area contributed by atoms with Crippen molar-refractivity contribution in [2.75, 3.05) is 0 Å². The van der Waals surface area contributed by atoms with E-state index in [0.717, 1.165) is 11.1 Å². The van der Waals surface area contributed by atoms with Crippen molar-refractivity contribution in [2.24, 2.45) is 0 Å². The average Bonchev–Trinajstić information content (AvgIpc) is 2.50. The Morgan fingerprint density at radius 2 is 1.70 bits per heavy atom. The number of Topliss-reactive ketones (excluding diaryl/α,β-unsaturated/α-hetero) is 1. The molecule has 0 saturated carbocycles. The van der Waals surface area contributed by atoms with E-state index < -0.39 is 18.5 Å². The van der Waals surface area contributed by atoms with Crippen molar-refractivity contribution < 1.29 is 23.4 Å². The van der Waals surface area contributed by atoms with Crippen molar-refractivity contribution in [1.29, 1.82) is 0 Å². The number of ether oxygens (including phenoxy) is 1. The average molecular weight is 320 g/mol. The number of rotatable bonds is 5. The predicted molar refractivity (Wildman–Crippen MR) is 83.0 cm³/mol. The number of aliphatic hydroxyl groups is 1. The zero-order chi connectivity index (χ0) is 17.1. The number of halogens is 2. The van der Waals surface area contributed by atoms with Crippen LogP contribution in [0.15, 0.2) is 36.4 Å². The van der Waals surface area contributed by atoms with Crippen LogP contribution in [0.25, 0.3) is 0 Å². The molecule has 0 fully saturated rings. The number of carbonyl (C=O) groups is 1. The van der Waals surface area contributed by atoms with Gasteiger partial charge in [0.1, 0.15) is 11.9 Å². The van der Waals surface area contributed by atoms with E-state index in [4.69, 9.17) is 0 Å². The first-order chi connectivity index (χ1) is 10.8. The third-order valence-corrected chi connectivity index (χ3v) is 3.77. The Balaban J connectivity index is 2.25. The third-order valence-electron chi connectivity index (χ3n) is 3.77. The third kappa shape index (κ3) is 3.93. The molecule has 0 aliphatic carbocycles. The number of alkyl halides is 2. The summed E-state index contributed by atoms with van der Waals surface area (Å²) in [6, 6.07) is 9.42. The molecule has 1 N–H and O–H groups in total. The number of aliphatic hydroxyl groups excluding tert-OH is 1. The van der Waals surface area contributed by atoms with E-state index >= 15 is 0 Å². The van der Waals surface area contributed by atoms with Gasteiger partial charge in [-0.1, -0.05) is 18.2 Å². The summed E-state index contributed by atoms with van der Waals surface area (Å²) in [5.74, 6) is -0.412. The second-order valence-corrected chi connectivity index (χ2v) is 5.47. The molecular weight excluding hydrogens is 302 g/mol. The summed E-state index contributed by atoms with van der Waals surface area (Å²) in [7, 11) is 0. The van der Waals surface area contributed by atoms with E-state index in [9.17, 15) is 18.7 Å². The first kappa shape index (κ1) is 17.1. The Morgan fingerprint density at radius 1 is 1.00 bits per heavy atom. The normalized spacial score (nSPS) is 12.3. The van der Waals surface area contributed by atoms with Crippen molar-refractivity contribution in [1.82, 2.24) is 0 Å². The van der Waals surface area contributed by atoms with Crippen LogP contribution >= 0.6 is 0 Å². The molecular formula is C18H18F2O3. The summed E-state index contributed by atoms with van der Waals surface area (Å²) in [4.78, 5) is 12.4. The number of hydrogen-bond donors (Lipinski definition) is 1. The molecule has 1 atom stereocenters. The fourth-order valence-corrected chi connectivity index (χ4v) is 2.27. The van der Waals surface area contributed by atoms with Gasteiger partial charge in [-0.2, -0.15) is 8.78 Å². The van der Waals surface area contributed by atoms with Gasteiger partial charge in [-0.3, -0.25) is 4.79 Å². The van der Waals surface area contributed by atoms with Crippen molar-refractivity contribution in [2.45, 2.75) is 33.5 Å². The number of hydrogen-bond acceptors (Lipinski definition) is 3. The van der Waals surface area contributed by atoms with Gasteiger partial charge in [-0.25, -0.2) is 0 Å². The molecule has 1 unspecified atom stereocenters. The van der Waals surface area contributed by atoms with Crippen molar-refractivity contribution in [3.63, 3.8) is 0 Å². The minimum Gasteiger partial charge on any atom is -0.435 e. The zero-order valence-corrected chi connectivity index (χ0v) is 13.1. The minimum atomic E-state index is -2.92. The van der Waals surface area contributed by atoms with Crippen LogP contribution in [0.4, 0.5) is 8.78 Å². The van der Waals surface area contributed by atoms with Crippen molar-refractivity contribution >= 4 is 5.78 Å². The maximum atomic E-state index is 12.4. The standard InChI is InChI=1S/C18H18F2O3/c1-10-4-5-13(8-11(10)2)16(21)17(22)14-6-7-15(12(3)9-14)23-18(19)20/h4-9,17-18,22H,1-3H3. The molecule has 0 heterocycles. The van der Waals surface area contributed by atoms with E-state index in [0.29, 0.717) is 16.7 Å². The summed E-state index contributed by atoms with van der Waals surface area (Å²) < 4.78 is 28.9. The van der Waals surface area contributed by atoms with Gasteiger partial charge in [0.2, 0.25) is 0 Å². The molecule has 0 aliphatic rings. The Hall–Kier alpha value is -2.27. The van der Waals surface area contributed by atoms with Crippen LogP contribution in [-0.4, -0.2) is 17.5 Å². The van der Waals surface area contributed by atoms with Crippen LogP contribution in [0.1, 0.15) is 38.7 Å². The van der Waals surface area contributed by atoms with Crippen LogP contribution in [-0.2, 0) is 0 Å². The molecule has 122 valence electrons. The van der Waals surface area contributed by atoms with E-state index in [-0.39, 0.29) is 5.75 Å². The maximum Gasteiger partial charge on any atom is 0.387 e. The highest BCUT2D eigenvalue weighted by Gasteiger charge is 2.20. The fraction of sp³-hybridized carbons (Fsp3) is 0.278. The smallest absolute Gasteiger partial charge is 0.387 e. The summed E-state index contributed by atoms with van der Waals surface area (Å²) in [5, 5.41) is 10.3. The van der Waals surface area contributed by atoms with Gasteiger partial charge in [-0.05, 0) is 61.2 Å². The van der Waals surface area contributed by atoms with E-state index in [1.807, 2.05) is 19.9 Å². The molecule has 0 saturated heterocycles. The molecule has 0 amide bonds. The van der Waals surface area contributed by atoms with E-state index in [2.05, 4.69) is 4.74 Å². The van der Waals surface area contributed by atoms with Gasteiger partial charge in [0.15, 0.2) is 5.78 Å². The predicted octanol–water partition coefficient (Wildman–Crippen LogP) is 4.13. The summed E-state index contributed by atoms with van der Waals surface area (Å²) in [5.41, 5.74) is 3.19. The lowest BCUT2D eigenvalue weighted by atomic mass is 9.96. The summed E-state index contributed by atoms with van der Waals surface area (Å²) in [6.45, 7) is 2.49. The van der Waals surface area contributed by atoms with Gasteiger partial charge in [-0.15, -0.1) is 0 Å².